The van der Waals surface area contributed by atoms with E-state index in [9.17, 15) is 14.4 Å². The molecule has 44 heavy (non-hydrogen) atoms. The monoisotopic (exact) mass is 662 g/mol. The number of benzene rings is 4. The number of hydrogen-bond donors (Lipinski definition) is 3. The second-order valence-corrected chi connectivity index (χ2v) is 12.1. The van der Waals surface area contributed by atoms with Crippen molar-refractivity contribution in [3.05, 3.63) is 118 Å². The van der Waals surface area contributed by atoms with E-state index >= 15 is 0 Å². The average molecular weight is 664 g/mol. The highest BCUT2D eigenvalue weighted by Crippen LogP contribution is 2.30. The van der Waals surface area contributed by atoms with Crippen molar-refractivity contribution in [2.24, 2.45) is 0 Å². The molecule has 0 radical (unpaired) electrons. The van der Waals surface area contributed by atoms with Crippen molar-refractivity contribution in [2.45, 2.75) is 4.90 Å². The minimum atomic E-state index is -0.571. The van der Waals surface area contributed by atoms with Gasteiger partial charge in [0.1, 0.15) is 11.4 Å². The second kappa shape index (κ2) is 14.4. The van der Waals surface area contributed by atoms with Crippen molar-refractivity contribution in [1.29, 1.82) is 0 Å². The quantitative estimate of drug-likeness (QED) is 0.104. The first kappa shape index (κ1) is 31.1. The van der Waals surface area contributed by atoms with Crippen molar-refractivity contribution in [3.8, 4) is 5.75 Å². The Morgan fingerprint density at radius 3 is 2.34 bits per heavy atom. The van der Waals surface area contributed by atoms with Crippen LogP contribution in [0.1, 0.15) is 15.9 Å². The molecule has 0 aliphatic rings. The molecule has 5 aromatic rings. The minimum Gasteiger partial charge on any atom is -0.497 e. The Morgan fingerprint density at radius 2 is 1.64 bits per heavy atom. The molecule has 0 fully saturated rings. The number of methoxy groups -OCH3 is 1. The van der Waals surface area contributed by atoms with Crippen molar-refractivity contribution >= 4 is 91.1 Å². The number of thiazole rings is 1. The topological polar surface area (TPSA) is 109 Å². The molecule has 0 aliphatic carbocycles. The Balaban J connectivity index is 1.23. The van der Waals surface area contributed by atoms with Gasteiger partial charge in [0.25, 0.3) is 11.8 Å². The number of halogens is 2. The Labute approximate surface area is 271 Å². The molecule has 3 N–H and O–H groups in total. The van der Waals surface area contributed by atoms with Gasteiger partial charge in [-0.05, 0) is 72.8 Å². The van der Waals surface area contributed by atoms with E-state index in [0.717, 1.165) is 20.9 Å². The predicted octanol–water partition coefficient (Wildman–Crippen LogP) is 7.75. The standard InChI is InChI=1S/C32H24Cl2N4O4S2/c1-42-21-12-15-26-28(16-21)44-32(37-26)38-29(39)18-43-22-13-10-20(11-14-22)35-31(41)27(17-23-24(33)8-5-9-25(23)34)36-30(40)19-6-3-2-4-7-19/h2-17H,18H2,1H3,(H,35,41)(H,36,40)(H,37,38,39)/b27-17-. The third kappa shape index (κ3) is 7.97. The fourth-order valence-electron chi connectivity index (χ4n) is 3.96. The number of rotatable bonds is 10. The molecule has 1 heterocycles. The van der Waals surface area contributed by atoms with E-state index in [2.05, 4.69) is 20.9 Å². The first-order valence-corrected chi connectivity index (χ1v) is 15.7. The fraction of sp³-hybridized carbons (Fsp3) is 0.0625. The molecule has 5 rings (SSSR count). The number of hydrogen-bond acceptors (Lipinski definition) is 7. The SMILES string of the molecule is COc1ccc2nc(NC(=O)CSc3ccc(NC(=O)/C(=C/c4c(Cl)cccc4Cl)NC(=O)c4ccccc4)cc3)sc2c1. The van der Waals surface area contributed by atoms with Crippen molar-refractivity contribution < 1.29 is 19.1 Å². The summed E-state index contributed by atoms with van der Waals surface area (Å²) in [7, 11) is 1.60. The largest absolute Gasteiger partial charge is 0.497 e. The van der Waals surface area contributed by atoms with Gasteiger partial charge in [0, 0.05) is 31.8 Å². The number of fused-ring (bicyclic) bond motifs is 1. The van der Waals surface area contributed by atoms with E-state index in [0.29, 0.717) is 32.0 Å². The van der Waals surface area contributed by atoms with Crippen molar-refractivity contribution in [2.75, 3.05) is 23.5 Å². The van der Waals surface area contributed by atoms with Crippen LogP contribution in [0.5, 0.6) is 5.75 Å². The maximum Gasteiger partial charge on any atom is 0.272 e. The van der Waals surface area contributed by atoms with Gasteiger partial charge in [-0.1, -0.05) is 58.8 Å². The molecule has 8 nitrogen and oxygen atoms in total. The van der Waals surface area contributed by atoms with Crippen LogP contribution in [0.15, 0.2) is 102 Å². The number of aromatic nitrogens is 1. The van der Waals surface area contributed by atoms with Crippen LogP contribution in [-0.4, -0.2) is 35.6 Å². The first-order chi connectivity index (χ1) is 21.3. The molecule has 4 aromatic carbocycles. The molecule has 0 saturated carbocycles. The maximum atomic E-state index is 13.3. The molecular weight excluding hydrogens is 639 g/mol. The number of anilines is 2. The number of thioether (sulfide) groups is 1. The van der Waals surface area contributed by atoms with Crippen LogP contribution in [0.25, 0.3) is 16.3 Å². The number of carbonyl (C=O) groups is 3. The molecule has 0 bridgehead atoms. The van der Waals surface area contributed by atoms with Gasteiger partial charge in [-0.2, -0.15) is 0 Å². The lowest BCUT2D eigenvalue weighted by atomic mass is 10.1. The Bertz CT molecular complexity index is 1840. The van der Waals surface area contributed by atoms with Crippen LogP contribution >= 0.6 is 46.3 Å². The van der Waals surface area contributed by atoms with Gasteiger partial charge in [0.2, 0.25) is 5.91 Å². The van der Waals surface area contributed by atoms with Crippen LogP contribution in [-0.2, 0) is 9.59 Å². The lowest BCUT2D eigenvalue weighted by molar-refractivity contribution is -0.114. The van der Waals surface area contributed by atoms with Gasteiger partial charge in [-0.15, -0.1) is 11.8 Å². The normalized spacial score (nSPS) is 11.2. The number of ether oxygens (including phenoxy) is 1. The van der Waals surface area contributed by atoms with Gasteiger partial charge in [-0.25, -0.2) is 4.98 Å². The Hall–Kier alpha value is -4.35. The van der Waals surface area contributed by atoms with Crippen LogP contribution in [0, 0.1) is 0 Å². The summed E-state index contributed by atoms with van der Waals surface area (Å²) in [6.45, 7) is 0. The summed E-state index contributed by atoms with van der Waals surface area (Å²) in [6, 6.07) is 26.0. The predicted molar refractivity (Wildman–Crippen MR) is 179 cm³/mol. The second-order valence-electron chi connectivity index (χ2n) is 9.18. The van der Waals surface area contributed by atoms with Crippen LogP contribution in [0.4, 0.5) is 10.8 Å². The maximum absolute atomic E-state index is 13.3. The Morgan fingerprint density at radius 1 is 0.909 bits per heavy atom. The highest BCUT2D eigenvalue weighted by molar-refractivity contribution is 8.00. The molecule has 0 spiro atoms. The first-order valence-electron chi connectivity index (χ1n) is 13.1. The summed E-state index contributed by atoms with van der Waals surface area (Å²) in [4.78, 5) is 44.0. The van der Waals surface area contributed by atoms with Gasteiger partial charge in [0.15, 0.2) is 5.13 Å². The van der Waals surface area contributed by atoms with E-state index in [1.165, 1.54) is 29.2 Å². The molecule has 0 atom stereocenters. The Kier molecular flexibility index (Phi) is 10.2. The zero-order valence-corrected chi connectivity index (χ0v) is 26.2. The van der Waals surface area contributed by atoms with Gasteiger partial charge in [0.05, 0.1) is 23.1 Å². The number of nitrogens with one attached hydrogen (secondary N) is 3. The van der Waals surface area contributed by atoms with Gasteiger partial charge in [-0.3, -0.25) is 14.4 Å². The zero-order valence-electron chi connectivity index (χ0n) is 23.1. The third-order valence-electron chi connectivity index (χ3n) is 6.14. The molecule has 0 aliphatic heterocycles. The fourth-order valence-corrected chi connectivity index (χ4v) is 6.07. The van der Waals surface area contributed by atoms with Gasteiger partial charge >= 0.3 is 0 Å². The van der Waals surface area contributed by atoms with E-state index in [1.54, 1.807) is 79.9 Å². The molecule has 222 valence electrons. The number of nitrogens with zero attached hydrogens (tertiary/aromatic N) is 1. The number of carbonyl (C=O) groups excluding carboxylic acids is 3. The van der Waals surface area contributed by atoms with E-state index < -0.39 is 11.8 Å². The van der Waals surface area contributed by atoms with Crippen molar-refractivity contribution in [1.82, 2.24) is 10.3 Å². The van der Waals surface area contributed by atoms with Crippen LogP contribution < -0.4 is 20.7 Å². The molecule has 0 unspecified atom stereocenters. The zero-order chi connectivity index (χ0) is 31.1. The smallest absolute Gasteiger partial charge is 0.272 e. The summed E-state index contributed by atoms with van der Waals surface area (Å²) in [5.74, 6) is -0.338. The highest BCUT2D eigenvalue weighted by atomic mass is 35.5. The van der Waals surface area contributed by atoms with Crippen molar-refractivity contribution in [3.63, 3.8) is 0 Å². The molecular formula is C32H24Cl2N4O4S2. The van der Waals surface area contributed by atoms with E-state index in [-0.39, 0.29) is 17.4 Å². The lowest BCUT2D eigenvalue weighted by Gasteiger charge is -2.13. The van der Waals surface area contributed by atoms with Gasteiger partial charge < -0.3 is 20.7 Å². The number of amides is 3. The highest BCUT2D eigenvalue weighted by Gasteiger charge is 2.17. The molecule has 12 heteroatoms. The third-order valence-corrected chi connectivity index (χ3v) is 8.75. The van der Waals surface area contributed by atoms with Crippen LogP contribution in [0.3, 0.4) is 0 Å². The van der Waals surface area contributed by atoms with E-state index in [1.807, 2.05) is 18.2 Å². The summed E-state index contributed by atoms with van der Waals surface area (Å²) in [5, 5.41) is 9.46. The lowest BCUT2D eigenvalue weighted by Crippen LogP contribution is -2.30. The summed E-state index contributed by atoms with van der Waals surface area (Å²) >= 11 is 15.4. The minimum absolute atomic E-state index is 0.0442. The summed E-state index contributed by atoms with van der Waals surface area (Å²) in [5.41, 5.74) is 2.00. The van der Waals surface area contributed by atoms with E-state index in [4.69, 9.17) is 27.9 Å². The molecule has 0 saturated heterocycles. The molecule has 1 aromatic heterocycles. The molecule has 3 amide bonds. The summed E-state index contributed by atoms with van der Waals surface area (Å²) < 4.78 is 6.16. The van der Waals surface area contributed by atoms with Crippen LogP contribution in [0.2, 0.25) is 10.0 Å². The summed E-state index contributed by atoms with van der Waals surface area (Å²) in [6.07, 6.45) is 1.44. The average Bonchev–Trinajstić information content (AvgIpc) is 3.43.